The summed E-state index contributed by atoms with van der Waals surface area (Å²) in [6.45, 7) is 8.70. The van der Waals surface area contributed by atoms with Gasteiger partial charge in [-0.25, -0.2) is 9.98 Å². The molecule has 23 heavy (non-hydrogen) atoms. The van der Waals surface area contributed by atoms with Gasteiger partial charge in [0.2, 0.25) is 5.82 Å². The minimum atomic E-state index is 0.438. The predicted molar refractivity (Wildman–Crippen MR) is 91.0 cm³/mol. The maximum absolute atomic E-state index is 5.28. The zero-order valence-electron chi connectivity index (χ0n) is 14.1. The van der Waals surface area contributed by atoms with Gasteiger partial charge in [-0.1, -0.05) is 13.8 Å². The van der Waals surface area contributed by atoms with Crippen molar-refractivity contribution in [2.24, 2.45) is 10.9 Å². The number of rotatable bonds is 8. The van der Waals surface area contributed by atoms with Crippen molar-refractivity contribution in [3.63, 3.8) is 0 Å². The van der Waals surface area contributed by atoms with E-state index < -0.39 is 0 Å². The Bertz CT molecular complexity index is 587. The Kier molecular flexibility index (Phi) is 6.65. The summed E-state index contributed by atoms with van der Waals surface area (Å²) in [6, 6.07) is 3.64. The van der Waals surface area contributed by atoms with Gasteiger partial charge < -0.3 is 15.1 Å². The van der Waals surface area contributed by atoms with Crippen molar-refractivity contribution in [3.8, 4) is 11.6 Å². The lowest BCUT2D eigenvalue weighted by Crippen LogP contribution is -2.37. The third-order valence-electron chi connectivity index (χ3n) is 3.26. The number of H-pyrrole nitrogens is 1. The Morgan fingerprint density at radius 3 is 2.96 bits per heavy atom. The summed E-state index contributed by atoms with van der Waals surface area (Å²) in [5.74, 6) is 3.43. The summed E-state index contributed by atoms with van der Waals surface area (Å²) in [4.78, 5) is 8.91. The minimum absolute atomic E-state index is 0.438. The summed E-state index contributed by atoms with van der Waals surface area (Å²) in [5, 5.41) is 13.6. The fraction of sp³-hybridized carbons (Fsp3) is 0.562. The van der Waals surface area contributed by atoms with Crippen molar-refractivity contribution in [1.29, 1.82) is 0 Å². The average Bonchev–Trinajstić information content (AvgIpc) is 3.19. The smallest absolute Gasteiger partial charge is 0.216 e. The third-order valence-corrected chi connectivity index (χ3v) is 3.26. The van der Waals surface area contributed by atoms with Gasteiger partial charge in [0.05, 0.1) is 6.26 Å². The lowest BCUT2D eigenvalue weighted by molar-refractivity contribution is 0.549. The van der Waals surface area contributed by atoms with Gasteiger partial charge in [0.25, 0.3) is 0 Å². The van der Waals surface area contributed by atoms with Gasteiger partial charge in [-0.15, -0.1) is 5.10 Å². The van der Waals surface area contributed by atoms with Crippen LogP contribution in [0.1, 0.15) is 39.4 Å². The number of hydrogen-bond acceptors (Lipinski definition) is 4. The molecule has 3 N–H and O–H groups in total. The molecular weight excluding hydrogens is 292 g/mol. The Labute approximate surface area is 137 Å². The molecule has 0 amide bonds. The van der Waals surface area contributed by atoms with E-state index in [4.69, 9.17) is 4.42 Å². The number of aromatic amines is 1. The van der Waals surface area contributed by atoms with E-state index in [1.165, 1.54) is 6.42 Å². The minimum Gasteiger partial charge on any atom is -0.461 e. The first-order chi connectivity index (χ1) is 11.2. The highest BCUT2D eigenvalue weighted by Crippen LogP contribution is 2.14. The van der Waals surface area contributed by atoms with Gasteiger partial charge in [0, 0.05) is 13.1 Å². The molecule has 126 valence electrons. The molecule has 0 bridgehead atoms. The highest BCUT2D eigenvalue weighted by molar-refractivity contribution is 5.79. The van der Waals surface area contributed by atoms with E-state index in [9.17, 15) is 0 Å². The van der Waals surface area contributed by atoms with Crippen molar-refractivity contribution >= 4 is 5.96 Å². The molecule has 2 rings (SSSR count). The zero-order chi connectivity index (χ0) is 16.5. The van der Waals surface area contributed by atoms with Crippen LogP contribution in [0.3, 0.4) is 0 Å². The van der Waals surface area contributed by atoms with Crippen molar-refractivity contribution in [1.82, 2.24) is 25.8 Å². The number of nitrogens with one attached hydrogen (secondary N) is 3. The highest BCUT2D eigenvalue weighted by atomic mass is 16.3. The maximum atomic E-state index is 5.28. The Hall–Kier alpha value is -2.31. The summed E-state index contributed by atoms with van der Waals surface area (Å²) < 4.78 is 5.28. The zero-order valence-corrected chi connectivity index (χ0v) is 14.1. The van der Waals surface area contributed by atoms with Crippen LogP contribution in [0, 0.1) is 5.92 Å². The monoisotopic (exact) mass is 318 g/mol. The van der Waals surface area contributed by atoms with Crippen LogP contribution in [0.5, 0.6) is 0 Å². The van der Waals surface area contributed by atoms with Crippen LogP contribution in [0.2, 0.25) is 0 Å². The molecule has 0 fully saturated rings. The first kappa shape index (κ1) is 17.1. The normalized spacial score (nSPS) is 11.9. The fourth-order valence-electron chi connectivity index (χ4n) is 2.09. The Morgan fingerprint density at radius 1 is 1.39 bits per heavy atom. The molecule has 7 heteroatoms. The van der Waals surface area contributed by atoms with Crippen LogP contribution in [0.15, 0.2) is 27.8 Å². The molecule has 0 spiro atoms. The van der Waals surface area contributed by atoms with Gasteiger partial charge in [-0.05, 0) is 37.8 Å². The molecular formula is C16H26N6O. The number of nitrogens with zero attached hydrogens (tertiary/aromatic N) is 3. The van der Waals surface area contributed by atoms with Gasteiger partial charge in [0.15, 0.2) is 11.7 Å². The van der Waals surface area contributed by atoms with Crippen molar-refractivity contribution in [2.45, 2.75) is 40.2 Å². The largest absolute Gasteiger partial charge is 0.461 e. The van der Waals surface area contributed by atoms with Gasteiger partial charge in [-0.2, -0.15) is 0 Å². The van der Waals surface area contributed by atoms with E-state index in [1.807, 2.05) is 12.1 Å². The Balaban J connectivity index is 1.87. The lowest BCUT2D eigenvalue weighted by Gasteiger charge is -2.11. The first-order valence-electron chi connectivity index (χ1n) is 8.16. The van der Waals surface area contributed by atoms with Crippen LogP contribution < -0.4 is 10.6 Å². The highest BCUT2D eigenvalue weighted by Gasteiger charge is 2.08. The molecule has 0 aromatic carbocycles. The average molecular weight is 318 g/mol. The van der Waals surface area contributed by atoms with Gasteiger partial charge >= 0.3 is 0 Å². The summed E-state index contributed by atoms with van der Waals surface area (Å²) in [6.07, 6.45) is 3.95. The van der Waals surface area contributed by atoms with Crippen LogP contribution in [0.25, 0.3) is 11.6 Å². The summed E-state index contributed by atoms with van der Waals surface area (Å²) in [5.41, 5.74) is 0. The molecule has 2 aromatic heterocycles. The SMILES string of the molecule is CCNC(=NCc1nc(-c2ccco2)n[nH]1)NCCCC(C)C. The molecule has 0 aliphatic rings. The quantitative estimate of drug-likeness (QED) is 0.395. The van der Waals surface area contributed by atoms with E-state index in [0.717, 1.165) is 31.4 Å². The van der Waals surface area contributed by atoms with E-state index >= 15 is 0 Å². The molecule has 2 aromatic rings. The second-order valence-electron chi connectivity index (χ2n) is 5.74. The van der Waals surface area contributed by atoms with Gasteiger partial charge in [-0.3, -0.25) is 5.10 Å². The van der Waals surface area contributed by atoms with Crippen LogP contribution in [-0.2, 0) is 6.54 Å². The molecule has 2 heterocycles. The van der Waals surface area contributed by atoms with Gasteiger partial charge in [0.1, 0.15) is 12.4 Å². The van der Waals surface area contributed by atoms with E-state index in [1.54, 1.807) is 6.26 Å². The number of hydrogen-bond donors (Lipinski definition) is 3. The molecule has 0 radical (unpaired) electrons. The second-order valence-corrected chi connectivity index (χ2v) is 5.74. The molecule has 0 saturated carbocycles. The van der Waals surface area contributed by atoms with Crippen molar-refractivity contribution in [3.05, 3.63) is 24.2 Å². The van der Waals surface area contributed by atoms with E-state index in [0.29, 0.717) is 24.0 Å². The summed E-state index contributed by atoms with van der Waals surface area (Å²) >= 11 is 0. The fourth-order valence-corrected chi connectivity index (χ4v) is 2.09. The van der Waals surface area contributed by atoms with Crippen LogP contribution >= 0.6 is 0 Å². The number of aromatic nitrogens is 3. The number of aliphatic imine (C=N–C) groups is 1. The topological polar surface area (TPSA) is 91.1 Å². The maximum Gasteiger partial charge on any atom is 0.216 e. The van der Waals surface area contributed by atoms with E-state index in [2.05, 4.69) is 51.6 Å². The summed E-state index contributed by atoms with van der Waals surface area (Å²) in [7, 11) is 0. The molecule has 0 aliphatic heterocycles. The third kappa shape index (κ3) is 5.77. The molecule has 0 unspecified atom stereocenters. The van der Waals surface area contributed by atoms with E-state index in [-0.39, 0.29) is 0 Å². The molecule has 0 aliphatic carbocycles. The Morgan fingerprint density at radius 2 is 2.26 bits per heavy atom. The second kappa shape index (κ2) is 8.97. The first-order valence-corrected chi connectivity index (χ1v) is 8.16. The molecule has 0 saturated heterocycles. The van der Waals surface area contributed by atoms with Crippen molar-refractivity contribution < 1.29 is 4.42 Å². The predicted octanol–water partition coefficient (Wildman–Crippen LogP) is 2.56. The lowest BCUT2D eigenvalue weighted by atomic mass is 10.1. The molecule has 7 nitrogen and oxygen atoms in total. The number of guanidine groups is 1. The van der Waals surface area contributed by atoms with Crippen LogP contribution in [-0.4, -0.2) is 34.2 Å². The standard InChI is InChI=1S/C16H26N6O/c1-4-17-16(18-9-5-7-12(2)3)19-11-14-20-15(22-21-14)13-8-6-10-23-13/h6,8,10,12H,4-5,7,9,11H2,1-3H3,(H2,17,18,19)(H,20,21,22). The number of furan rings is 1. The van der Waals surface area contributed by atoms with Crippen molar-refractivity contribution in [2.75, 3.05) is 13.1 Å². The molecule has 0 atom stereocenters. The van der Waals surface area contributed by atoms with Crippen LogP contribution in [0.4, 0.5) is 0 Å².